The van der Waals surface area contributed by atoms with Crippen molar-refractivity contribution in [2.24, 2.45) is 0 Å². The van der Waals surface area contributed by atoms with Gasteiger partial charge in [0.15, 0.2) is 0 Å². The molecule has 0 fully saturated rings. The molecule has 0 bridgehead atoms. The van der Waals surface area contributed by atoms with E-state index in [9.17, 15) is 5.11 Å². The topological polar surface area (TPSA) is 20.2 Å². The van der Waals surface area contributed by atoms with E-state index in [1.807, 2.05) is 12.1 Å². The summed E-state index contributed by atoms with van der Waals surface area (Å²) in [6, 6.07) is 22.4. The molecule has 1 aliphatic carbocycles. The molecule has 3 aromatic carbocycles. The predicted molar refractivity (Wildman–Crippen MR) is 127 cm³/mol. The molecule has 0 saturated carbocycles. The molecule has 0 spiro atoms. The molecule has 3 aromatic rings. The Morgan fingerprint density at radius 3 is 2.20 bits per heavy atom. The van der Waals surface area contributed by atoms with Gasteiger partial charge >= 0.3 is 0 Å². The lowest BCUT2D eigenvalue weighted by Crippen LogP contribution is -2.21. The zero-order chi connectivity index (χ0) is 21.3. The van der Waals surface area contributed by atoms with Crippen LogP contribution in [-0.4, -0.2) is 5.11 Å². The molecule has 1 nitrogen and oxygen atoms in total. The fourth-order valence-electron chi connectivity index (χ4n) is 5.22. The van der Waals surface area contributed by atoms with Gasteiger partial charge in [-0.15, -0.1) is 0 Å². The van der Waals surface area contributed by atoms with Gasteiger partial charge in [0.25, 0.3) is 0 Å². The van der Waals surface area contributed by atoms with E-state index in [0.717, 1.165) is 25.7 Å². The third-order valence-corrected chi connectivity index (χ3v) is 6.97. The van der Waals surface area contributed by atoms with E-state index in [2.05, 4.69) is 76.2 Å². The van der Waals surface area contributed by atoms with Crippen molar-refractivity contribution in [1.29, 1.82) is 0 Å². The van der Waals surface area contributed by atoms with Crippen LogP contribution >= 0.6 is 0 Å². The molecular formula is C29H34O. The lowest BCUT2D eigenvalue weighted by atomic mass is 9.69. The number of hydrogen-bond donors (Lipinski definition) is 1. The summed E-state index contributed by atoms with van der Waals surface area (Å²) in [5.74, 6) is 1.71. The predicted octanol–water partition coefficient (Wildman–Crippen LogP) is 7.50. The Balaban J connectivity index is 1.82. The number of phenols is 1. The lowest BCUT2D eigenvalue weighted by Gasteiger charge is -2.35. The molecule has 156 valence electrons. The SMILES string of the molecule is CCc1ccc(C2CCc3cc(O)ccc3C2c2ccc(C(C)C)cc2)cc1CC. The van der Waals surface area contributed by atoms with Crippen LogP contribution in [0.15, 0.2) is 60.7 Å². The van der Waals surface area contributed by atoms with E-state index in [1.54, 1.807) is 0 Å². The highest BCUT2D eigenvalue weighted by molar-refractivity contribution is 5.48. The van der Waals surface area contributed by atoms with E-state index in [4.69, 9.17) is 0 Å². The van der Waals surface area contributed by atoms with Crippen molar-refractivity contribution in [3.05, 3.63) is 99.6 Å². The Morgan fingerprint density at radius 1 is 0.833 bits per heavy atom. The Morgan fingerprint density at radius 2 is 1.53 bits per heavy atom. The molecule has 0 aliphatic heterocycles. The molecular weight excluding hydrogens is 364 g/mol. The van der Waals surface area contributed by atoms with Crippen molar-refractivity contribution < 1.29 is 5.11 Å². The third kappa shape index (κ3) is 3.90. The van der Waals surface area contributed by atoms with E-state index < -0.39 is 0 Å². The first-order valence-electron chi connectivity index (χ1n) is 11.5. The monoisotopic (exact) mass is 398 g/mol. The Bertz CT molecular complexity index is 1010. The molecule has 1 heteroatoms. The molecule has 0 amide bonds. The largest absolute Gasteiger partial charge is 0.508 e. The van der Waals surface area contributed by atoms with Crippen molar-refractivity contribution in [2.45, 2.75) is 71.1 Å². The maximum atomic E-state index is 10.1. The summed E-state index contributed by atoms with van der Waals surface area (Å²) < 4.78 is 0. The van der Waals surface area contributed by atoms with Gasteiger partial charge in [0.2, 0.25) is 0 Å². The smallest absolute Gasteiger partial charge is 0.115 e. The van der Waals surface area contributed by atoms with Gasteiger partial charge in [-0.1, -0.05) is 76.2 Å². The summed E-state index contributed by atoms with van der Waals surface area (Å²) in [5.41, 5.74) is 9.86. The second-order valence-electron chi connectivity index (χ2n) is 9.06. The lowest BCUT2D eigenvalue weighted by molar-refractivity contribution is 0.469. The summed E-state index contributed by atoms with van der Waals surface area (Å²) in [6.07, 6.45) is 4.31. The molecule has 0 saturated heterocycles. The molecule has 4 rings (SSSR count). The van der Waals surface area contributed by atoms with Gasteiger partial charge in [-0.3, -0.25) is 0 Å². The molecule has 1 N–H and O–H groups in total. The summed E-state index contributed by atoms with van der Waals surface area (Å²) in [6.45, 7) is 9.01. The summed E-state index contributed by atoms with van der Waals surface area (Å²) in [4.78, 5) is 0. The molecule has 0 aromatic heterocycles. The van der Waals surface area contributed by atoms with Crippen LogP contribution in [0.25, 0.3) is 0 Å². The van der Waals surface area contributed by atoms with Crippen LogP contribution in [0.4, 0.5) is 0 Å². The Labute approximate surface area is 181 Å². The fraction of sp³-hybridized carbons (Fsp3) is 0.379. The first kappa shape index (κ1) is 20.7. The van der Waals surface area contributed by atoms with Crippen LogP contribution < -0.4 is 0 Å². The zero-order valence-electron chi connectivity index (χ0n) is 18.8. The average molecular weight is 399 g/mol. The van der Waals surface area contributed by atoms with E-state index in [-0.39, 0.29) is 0 Å². The van der Waals surface area contributed by atoms with Gasteiger partial charge in [-0.05, 0) is 88.6 Å². The summed E-state index contributed by atoms with van der Waals surface area (Å²) in [7, 11) is 0. The van der Waals surface area contributed by atoms with Gasteiger partial charge < -0.3 is 5.11 Å². The highest BCUT2D eigenvalue weighted by Crippen LogP contribution is 2.47. The number of benzene rings is 3. The second-order valence-corrected chi connectivity index (χ2v) is 9.06. The minimum atomic E-state index is 0.327. The van der Waals surface area contributed by atoms with Crippen LogP contribution in [0, 0.1) is 0 Å². The normalized spacial score (nSPS) is 18.4. The van der Waals surface area contributed by atoms with Crippen LogP contribution in [0.1, 0.15) is 90.8 Å². The third-order valence-electron chi connectivity index (χ3n) is 6.97. The van der Waals surface area contributed by atoms with E-state index >= 15 is 0 Å². The van der Waals surface area contributed by atoms with Crippen LogP contribution in [0.3, 0.4) is 0 Å². The Kier molecular flexibility index (Phi) is 5.99. The second kappa shape index (κ2) is 8.68. The maximum absolute atomic E-state index is 10.1. The first-order valence-corrected chi connectivity index (χ1v) is 11.5. The van der Waals surface area contributed by atoms with Crippen LogP contribution in [0.5, 0.6) is 5.75 Å². The molecule has 0 radical (unpaired) electrons. The quantitative estimate of drug-likeness (QED) is 0.471. The molecule has 2 unspecified atom stereocenters. The number of aromatic hydroxyl groups is 1. The van der Waals surface area contributed by atoms with E-state index in [1.165, 1.54) is 38.9 Å². The van der Waals surface area contributed by atoms with Crippen molar-refractivity contribution in [3.8, 4) is 5.75 Å². The maximum Gasteiger partial charge on any atom is 0.115 e. The highest BCUT2D eigenvalue weighted by atomic mass is 16.3. The van der Waals surface area contributed by atoms with Gasteiger partial charge in [0.05, 0.1) is 0 Å². The van der Waals surface area contributed by atoms with Crippen LogP contribution in [0.2, 0.25) is 0 Å². The van der Waals surface area contributed by atoms with Gasteiger partial charge in [0, 0.05) is 5.92 Å². The zero-order valence-corrected chi connectivity index (χ0v) is 18.8. The molecule has 1 aliphatic rings. The van der Waals surface area contributed by atoms with Crippen molar-refractivity contribution in [3.63, 3.8) is 0 Å². The van der Waals surface area contributed by atoms with Gasteiger partial charge in [-0.2, -0.15) is 0 Å². The molecule has 0 heterocycles. The van der Waals surface area contributed by atoms with Crippen molar-refractivity contribution >= 4 is 0 Å². The number of hydrogen-bond acceptors (Lipinski definition) is 1. The number of rotatable bonds is 5. The first-order chi connectivity index (χ1) is 14.5. The van der Waals surface area contributed by atoms with Crippen LogP contribution in [-0.2, 0) is 19.3 Å². The molecule has 2 atom stereocenters. The van der Waals surface area contributed by atoms with Gasteiger partial charge in [0.1, 0.15) is 5.75 Å². The number of aryl methyl sites for hydroxylation is 3. The van der Waals surface area contributed by atoms with Crippen molar-refractivity contribution in [2.75, 3.05) is 0 Å². The summed E-state index contributed by atoms with van der Waals surface area (Å²) in [5, 5.41) is 10.1. The number of fused-ring (bicyclic) bond motifs is 1. The standard InChI is InChI=1S/C29H34O/c1-5-20-7-12-24(17-21(20)6-2)27-15-13-25-18-26(30)14-16-28(25)29(27)23-10-8-22(9-11-23)19(3)4/h7-12,14,16-19,27,29-30H,5-6,13,15H2,1-4H3. The number of phenolic OH excluding ortho intramolecular Hbond substituents is 1. The summed E-state index contributed by atoms with van der Waals surface area (Å²) >= 11 is 0. The average Bonchev–Trinajstić information content (AvgIpc) is 2.77. The minimum Gasteiger partial charge on any atom is -0.508 e. The Hall–Kier alpha value is -2.54. The highest BCUT2D eigenvalue weighted by Gasteiger charge is 2.32. The van der Waals surface area contributed by atoms with Crippen molar-refractivity contribution in [1.82, 2.24) is 0 Å². The van der Waals surface area contributed by atoms with E-state index in [0.29, 0.717) is 23.5 Å². The molecule has 30 heavy (non-hydrogen) atoms. The fourth-order valence-corrected chi connectivity index (χ4v) is 5.22. The van der Waals surface area contributed by atoms with Gasteiger partial charge in [-0.25, -0.2) is 0 Å². The minimum absolute atomic E-state index is 0.327.